The van der Waals surface area contributed by atoms with E-state index in [2.05, 4.69) is 20.9 Å². The molecule has 1 N–H and O–H groups in total. The molecular formula is C14H15BrN2O3. The summed E-state index contributed by atoms with van der Waals surface area (Å²) < 4.78 is 7.37. The summed E-state index contributed by atoms with van der Waals surface area (Å²) >= 11 is 3.40. The lowest BCUT2D eigenvalue weighted by molar-refractivity contribution is 0.0676. The van der Waals surface area contributed by atoms with Gasteiger partial charge in [0.05, 0.1) is 10.9 Å². The third-order valence-electron chi connectivity index (χ3n) is 3.69. The van der Waals surface area contributed by atoms with Gasteiger partial charge >= 0.3 is 5.69 Å². The van der Waals surface area contributed by atoms with Crippen molar-refractivity contribution in [2.24, 2.45) is 0 Å². The molecule has 0 bridgehead atoms. The number of H-pyrrole nitrogens is 1. The van der Waals surface area contributed by atoms with Crippen molar-refractivity contribution in [1.82, 2.24) is 9.55 Å². The zero-order valence-corrected chi connectivity index (χ0v) is 12.7. The average molecular weight is 339 g/mol. The van der Waals surface area contributed by atoms with E-state index in [1.807, 2.05) is 19.1 Å². The zero-order chi connectivity index (χ0) is 14.3. The largest absolute Gasteiger partial charge is 0.381 e. The highest BCUT2D eigenvalue weighted by Crippen LogP contribution is 2.22. The number of aromatic nitrogens is 2. The molecule has 1 aromatic heterocycles. The lowest BCUT2D eigenvalue weighted by Gasteiger charge is -2.23. The van der Waals surface area contributed by atoms with Crippen LogP contribution in [0.2, 0.25) is 0 Å². The highest BCUT2D eigenvalue weighted by Gasteiger charge is 2.21. The molecule has 0 saturated carbocycles. The highest BCUT2D eigenvalue weighted by molar-refractivity contribution is 9.10. The topological polar surface area (TPSA) is 64.1 Å². The SMILES string of the molecule is Cc1cc(Br)c2[nH]c(=O)n(C3CCOCC3)c(=O)c2c1. The van der Waals surface area contributed by atoms with E-state index < -0.39 is 0 Å². The molecule has 1 aliphatic rings. The number of benzene rings is 1. The molecule has 0 unspecified atom stereocenters. The van der Waals surface area contributed by atoms with Gasteiger partial charge in [0.2, 0.25) is 0 Å². The summed E-state index contributed by atoms with van der Waals surface area (Å²) in [6.45, 7) is 3.10. The summed E-state index contributed by atoms with van der Waals surface area (Å²) in [5.74, 6) is 0. The van der Waals surface area contributed by atoms with Crippen molar-refractivity contribution in [3.05, 3.63) is 43.0 Å². The number of nitrogens with zero attached hydrogens (tertiary/aromatic N) is 1. The standard InChI is InChI=1S/C14H15BrN2O3/c1-8-6-10-12(11(15)7-8)16-14(19)17(13(10)18)9-2-4-20-5-3-9/h6-7,9H,2-5H2,1H3,(H,16,19). The van der Waals surface area contributed by atoms with Gasteiger partial charge in [0.15, 0.2) is 0 Å². The van der Waals surface area contributed by atoms with Crippen LogP contribution in [0, 0.1) is 6.92 Å². The molecule has 5 nitrogen and oxygen atoms in total. The number of halogens is 1. The van der Waals surface area contributed by atoms with Gasteiger partial charge in [0, 0.05) is 23.7 Å². The van der Waals surface area contributed by atoms with Crippen molar-refractivity contribution in [3.63, 3.8) is 0 Å². The molecule has 0 radical (unpaired) electrons. The van der Waals surface area contributed by atoms with E-state index in [4.69, 9.17) is 4.74 Å². The van der Waals surface area contributed by atoms with Crippen LogP contribution in [0.4, 0.5) is 0 Å². The van der Waals surface area contributed by atoms with E-state index in [0.29, 0.717) is 37.0 Å². The van der Waals surface area contributed by atoms with Crippen LogP contribution in [0.5, 0.6) is 0 Å². The molecule has 106 valence electrons. The van der Waals surface area contributed by atoms with Crippen LogP contribution >= 0.6 is 15.9 Å². The number of aryl methyl sites for hydroxylation is 1. The molecule has 2 heterocycles. The molecular weight excluding hydrogens is 324 g/mol. The molecule has 0 atom stereocenters. The summed E-state index contributed by atoms with van der Waals surface area (Å²) in [5.41, 5.74) is 0.972. The maximum absolute atomic E-state index is 12.6. The number of ether oxygens (including phenoxy) is 1. The van der Waals surface area contributed by atoms with Gasteiger partial charge in [0.25, 0.3) is 5.56 Å². The van der Waals surface area contributed by atoms with Gasteiger partial charge < -0.3 is 9.72 Å². The van der Waals surface area contributed by atoms with Crippen molar-refractivity contribution in [1.29, 1.82) is 0 Å². The number of hydrogen-bond donors (Lipinski definition) is 1. The molecule has 0 spiro atoms. The predicted octanol–water partition coefficient (Wildman–Crippen LogP) is 2.11. The van der Waals surface area contributed by atoms with E-state index in [0.717, 1.165) is 10.0 Å². The minimum atomic E-state index is -0.348. The Morgan fingerprint density at radius 2 is 2.00 bits per heavy atom. The number of fused-ring (bicyclic) bond motifs is 1. The van der Waals surface area contributed by atoms with Gasteiger partial charge in [-0.1, -0.05) is 0 Å². The number of hydrogen-bond acceptors (Lipinski definition) is 3. The third kappa shape index (κ3) is 2.23. The number of aromatic amines is 1. The molecule has 2 aromatic rings. The van der Waals surface area contributed by atoms with Crippen LogP contribution in [0.25, 0.3) is 10.9 Å². The Bertz CT molecular complexity index is 772. The third-order valence-corrected chi connectivity index (χ3v) is 4.32. The molecule has 3 rings (SSSR count). The minimum Gasteiger partial charge on any atom is -0.381 e. The smallest absolute Gasteiger partial charge is 0.329 e. The second kappa shape index (κ2) is 5.18. The summed E-state index contributed by atoms with van der Waals surface area (Å²) in [6.07, 6.45) is 1.39. The second-order valence-corrected chi connectivity index (χ2v) is 5.97. The molecule has 1 aromatic carbocycles. The first kappa shape index (κ1) is 13.6. The number of nitrogens with one attached hydrogen (secondary N) is 1. The van der Waals surface area contributed by atoms with Gasteiger partial charge in [-0.15, -0.1) is 0 Å². The summed E-state index contributed by atoms with van der Waals surface area (Å²) in [6, 6.07) is 3.62. The fourth-order valence-electron chi connectivity index (χ4n) is 2.70. The molecule has 1 fully saturated rings. The molecule has 20 heavy (non-hydrogen) atoms. The first-order valence-electron chi connectivity index (χ1n) is 6.60. The normalized spacial score (nSPS) is 16.7. The Morgan fingerprint density at radius 3 is 2.70 bits per heavy atom. The lowest BCUT2D eigenvalue weighted by Crippen LogP contribution is -2.40. The maximum atomic E-state index is 12.6. The molecule has 0 aliphatic carbocycles. The molecule has 6 heteroatoms. The van der Waals surface area contributed by atoms with Crippen LogP contribution in [0.3, 0.4) is 0 Å². The first-order valence-corrected chi connectivity index (χ1v) is 7.39. The maximum Gasteiger partial charge on any atom is 0.329 e. The quantitative estimate of drug-likeness (QED) is 0.866. The Labute approximate surface area is 123 Å². The van der Waals surface area contributed by atoms with E-state index >= 15 is 0 Å². The Morgan fingerprint density at radius 1 is 1.30 bits per heavy atom. The summed E-state index contributed by atoms with van der Waals surface area (Å²) in [5, 5.41) is 0.544. The fourth-order valence-corrected chi connectivity index (χ4v) is 3.38. The van der Waals surface area contributed by atoms with E-state index in [1.165, 1.54) is 4.57 Å². The van der Waals surface area contributed by atoms with Gasteiger partial charge in [0.1, 0.15) is 0 Å². The Hall–Kier alpha value is -1.40. The summed E-state index contributed by atoms with van der Waals surface area (Å²) in [4.78, 5) is 27.7. The number of rotatable bonds is 1. The summed E-state index contributed by atoms with van der Waals surface area (Å²) in [7, 11) is 0. The van der Waals surface area contributed by atoms with Crippen LogP contribution in [0.1, 0.15) is 24.4 Å². The van der Waals surface area contributed by atoms with Gasteiger partial charge in [-0.2, -0.15) is 0 Å². The fraction of sp³-hybridized carbons (Fsp3) is 0.429. The average Bonchev–Trinajstić information content (AvgIpc) is 2.42. The first-order chi connectivity index (χ1) is 9.58. The van der Waals surface area contributed by atoms with Crippen LogP contribution in [-0.4, -0.2) is 22.8 Å². The lowest BCUT2D eigenvalue weighted by atomic mass is 10.1. The van der Waals surface area contributed by atoms with Crippen molar-refractivity contribution in [2.45, 2.75) is 25.8 Å². The van der Waals surface area contributed by atoms with E-state index in [-0.39, 0.29) is 17.3 Å². The Kier molecular flexibility index (Phi) is 3.52. The molecule has 0 amide bonds. The molecule has 1 saturated heterocycles. The van der Waals surface area contributed by atoms with Crippen molar-refractivity contribution >= 4 is 26.8 Å². The van der Waals surface area contributed by atoms with E-state index in [9.17, 15) is 9.59 Å². The van der Waals surface area contributed by atoms with E-state index in [1.54, 1.807) is 0 Å². The monoisotopic (exact) mass is 338 g/mol. The second-order valence-electron chi connectivity index (χ2n) is 5.12. The van der Waals surface area contributed by atoms with Crippen LogP contribution in [-0.2, 0) is 4.74 Å². The predicted molar refractivity (Wildman–Crippen MR) is 80.4 cm³/mol. The van der Waals surface area contributed by atoms with Gasteiger partial charge in [-0.25, -0.2) is 4.79 Å². The van der Waals surface area contributed by atoms with Crippen LogP contribution in [0.15, 0.2) is 26.2 Å². The van der Waals surface area contributed by atoms with Crippen molar-refractivity contribution in [2.75, 3.05) is 13.2 Å². The molecule has 1 aliphatic heterocycles. The Balaban J connectivity index is 2.28. The minimum absolute atomic E-state index is 0.0799. The zero-order valence-electron chi connectivity index (χ0n) is 11.1. The van der Waals surface area contributed by atoms with Crippen molar-refractivity contribution in [3.8, 4) is 0 Å². The van der Waals surface area contributed by atoms with Gasteiger partial charge in [-0.3, -0.25) is 9.36 Å². The van der Waals surface area contributed by atoms with Gasteiger partial charge in [-0.05, 0) is 53.4 Å². The highest BCUT2D eigenvalue weighted by atomic mass is 79.9. The van der Waals surface area contributed by atoms with Crippen molar-refractivity contribution < 1.29 is 4.74 Å². The van der Waals surface area contributed by atoms with Crippen LogP contribution < -0.4 is 11.2 Å².